The zero-order chi connectivity index (χ0) is 15.1. The summed E-state index contributed by atoms with van der Waals surface area (Å²) in [5.74, 6) is -0.657. The van der Waals surface area contributed by atoms with Crippen LogP contribution in [0.2, 0.25) is 0 Å². The first-order valence-corrected chi connectivity index (χ1v) is 6.61. The Morgan fingerprint density at radius 1 is 1.43 bits per heavy atom. The molecule has 1 aromatic carbocycles. The molecule has 113 valence electrons. The first-order chi connectivity index (χ1) is 9.47. The van der Waals surface area contributed by atoms with Crippen LogP contribution in [0.1, 0.15) is 36.1 Å². The van der Waals surface area contributed by atoms with Crippen molar-refractivity contribution in [3.05, 3.63) is 34.9 Å². The second-order valence-electron chi connectivity index (χ2n) is 4.59. The van der Waals surface area contributed by atoms with Crippen LogP contribution >= 0.6 is 0 Å². The number of esters is 1. The molecule has 5 nitrogen and oxygen atoms in total. The van der Waals surface area contributed by atoms with E-state index in [1.165, 1.54) is 0 Å². The van der Waals surface area contributed by atoms with Crippen molar-refractivity contribution in [1.82, 2.24) is 5.32 Å². The van der Waals surface area contributed by atoms with E-state index in [1.54, 1.807) is 6.92 Å². The van der Waals surface area contributed by atoms with E-state index in [0.717, 1.165) is 16.7 Å². The molecule has 0 unspecified atom stereocenters. The van der Waals surface area contributed by atoms with Gasteiger partial charge >= 0.3 is 5.97 Å². The summed E-state index contributed by atoms with van der Waals surface area (Å²) in [6.45, 7) is 5.77. The number of aryl methyl sites for hydroxylation is 2. The molecule has 3 N–H and O–H groups in total. The summed E-state index contributed by atoms with van der Waals surface area (Å²) in [7, 11) is 0. The van der Waals surface area contributed by atoms with Crippen molar-refractivity contribution in [3.8, 4) is 0 Å². The number of hydrogen-bond acceptors (Lipinski definition) is 4. The SMILES string of the molecule is CCOC(=O)C[C@H](NC(=O)CN)c1cc(C)c[c-]c1C.[Y]. The second kappa shape index (κ2) is 10.0. The van der Waals surface area contributed by atoms with E-state index in [-0.39, 0.29) is 57.6 Å². The third-order valence-corrected chi connectivity index (χ3v) is 2.90. The van der Waals surface area contributed by atoms with Crippen LogP contribution in [0.3, 0.4) is 0 Å². The Kier molecular flexibility index (Phi) is 9.66. The maximum atomic E-state index is 11.7. The van der Waals surface area contributed by atoms with Crippen LogP contribution < -0.4 is 11.1 Å². The average molecular weight is 366 g/mol. The van der Waals surface area contributed by atoms with Gasteiger partial charge in [0.05, 0.1) is 19.6 Å². The standard InChI is InChI=1S/C15H21N2O3.Y/c1-4-20-15(19)8-13(17-14(18)9-16)12-7-10(2)5-6-11(12)3;/h5,7,13H,4,8-9,16H2,1-3H3,(H,17,18);/q-1;/t13-;/m0./s1. The van der Waals surface area contributed by atoms with Crippen molar-refractivity contribution < 1.29 is 47.0 Å². The predicted molar refractivity (Wildman–Crippen MR) is 75.9 cm³/mol. The average Bonchev–Trinajstić information content (AvgIpc) is 2.41. The number of amides is 1. The minimum Gasteiger partial charge on any atom is -0.466 e. The van der Waals surface area contributed by atoms with E-state index in [1.807, 2.05) is 26.0 Å². The van der Waals surface area contributed by atoms with Gasteiger partial charge in [0.15, 0.2) is 0 Å². The zero-order valence-corrected chi connectivity index (χ0v) is 15.6. The van der Waals surface area contributed by atoms with Crippen LogP contribution in [0, 0.1) is 19.9 Å². The van der Waals surface area contributed by atoms with Gasteiger partial charge in [-0.15, -0.1) is 5.56 Å². The van der Waals surface area contributed by atoms with Gasteiger partial charge in [-0.25, -0.2) is 0 Å². The molecule has 0 heterocycles. The maximum absolute atomic E-state index is 11.7. The molecule has 6 heteroatoms. The van der Waals surface area contributed by atoms with E-state index >= 15 is 0 Å². The van der Waals surface area contributed by atoms with Gasteiger partial charge in [-0.3, -0.25) is 9.59 Å². The van der Waals surface area contributed by atoms with Crippen LogP contribution in [0.25, 0.3) is 0 Å². The third kappa shape index (κ3) is 6.68. The number of benzene rings is 1. The van der Waals surface area contributed by atoms with Gasteiger partial charge in [-0.05, 0) is 6.92 Å². The Balaban J connectivity index is 0.00000400. The minimum atomic E-state index is -0.443. The van der Waals surface area contributed by atoms with E-state index in [2.05, 4.69) is 11.4 Å². The Morgan fingerprint density at radius 2 is 2.10 bits per heavy atom. The molecule has 0 aliphatic heterocycles. The summed E-state index contributed by atoms with van der Waals surface area (Å²) < 4.78 is 4.95. The van der Waals surface area contributed by atoms with Gasteiger partial charge < -0.3 is 15.8 Å². The molecule has 1 atom stereocenters. The van der Waals surface area contributed by atoms with Gasteiger partial charge in [0, 0.05) is 38.8 Å². The van der Waals surface area contributed by atoms with Crippen LogP contribution in [0.15, 0.2) is 12.1 Å². The molecule has 21 heavy (non-hydrogen) atoms. The summed E-state index contributed by atoms with van der Waals surface area (Å²) in [6, 6.07) is 6.47. The Hall–Kier alpha value is -0.776. The number of hydrogen-bond donors (Lipinski definition) is 2. The first-order valence-electron chi connectivity index (χ1n) is 6.61. The molecular formula is C15H21N2O3Y-. The van der Waals surface area contributed by atoms with Gasteiger partial charge in [-0.2, -0.15) is 29.3 Å². The predicted octanol–water partition coefficient (Wildman–Crippen LogP) is 1.17. The molecule has 0 saturated heterocycles. The summed E-state index contributed by atoms with van der Waals surface area (Å²) in [4.78, 5) is 23.2. The van der Waals surface area contributed by atoms with Crippen LogP contribution in [0.4, 0.5) is 0 Å². The van der Waals surface area contributed by atoms with Crippen LogP contribution in [-0.4, -0.2) is 25.0 Å². The summed E-state index contributed by atoms with van der Waals surface area (Å²) in [5, 5.41) is 2.76. The molecule has 0 aliphatic carbocycles. The van der Waals surface area contributed by atoms with E-state index in [9.17, 15) is 9.59 Å². The van der Waals surface area contributed by atoms with Crippen molar-refractivity contribution in [2.24, 2.45) is 5.73 Å². The number of nitrogens with one attached hydrogen (secondary N) is 1. The van der Waals surface area contributed by atoms with E-state index < -0.39 is 6.04 Å². The Labute approximate surface area is 150 Å². The molecule has 0 saturated carbocycles. The largest absolute Gasteiger partial charge is 0.466 e. The molecule has 1 rings (SSSR count). The molecule has 0 aromatic heterocycles. The molecule has 1 radical (unpaired) electrons. The van der Waals surface area contributed by atoms with Gasteiger partial charge in [0.2, 0.25) is 5.91 Å². The molecular weight excluding hydrogens is 345 g/mol. The summed E-state index contributed by atoms with van der Waals surface area (Å²) >= 11 is 0. The molecule has 0 spiro atoms. The van der Waals surface area contributed by atoms with Crippen LogP contribution in [0.5, 0.6) is 0 Å². The minimum absolute atomic E-state index is 0. The zero-order valence-electron chi connectivity index (χ0n) is 12.7. The summed E-state index contributed by atoms with van der Waals surface area (Å²) in [5.41, 5.74) is 8.09. The fourth-order valence-electron chi connectivity index (χ4n) is 1.94. The summed E-state index contributed by atoms with van der Waals surface area (Å²) in [6.07, 6.45) is 0.0811. The number of carbonyl (C=O) groups is 2. The van der Waals surface area contributed by atoms with Crippen LogP contribution in [-0.2, 0) is 47.0 Å². The van der Waals surface area contributed by atoms with Gasteiger partial charge in [0.1, 0.15) is 0 Å². The second-order valence-corrected chi connectivity index (χ2v) is 4.59. The number of nitrogens with two attached hydrogens (primary N) is 1. The number of ether oxygens (including phenoxy) is 1. The molecule has 0 bridgehead atoms. The monoisotopic (exact) mass is 366 g/mol. The van der Waals surface area contributed by atoms with Crippen molar-refractivity contribution in [3.63, 3.8) is 0 Å². The molecule has 0 fully saturated rings. The Bertz CT molecular complexity index is 492. The fourth-order valence-corrected chi connectivity index (χ4v) is 1.94. The van der Waals surface area contributed by atoms with Crippen molar-refractivity contribution in [1.29, 1.82) is 0 Å². The van der Waals surface area contributed by atoms with E-state index in [4.69, 9.17) is 10.5 Å². The molecule has 1 amide bonds. The van der Waals surface area contributed by atoms with Gasteiger partial charge in [-0.1, -0.05) is 13.8 Å². The smallest absolute Gasteiger partial charge is 0.307 e. The number of rotatable bonds is 6. The Morgan fingerprint density at radius 3 is 2.67 bits per heavy atom. The molecule has 0 aliphatic rings. The normalized spacial score (nSPS) is 11.2. The topological polar surface area (TPSA) is 81.4 Å². The quantitative estimate of drug-likeness (QED) is 0.585. The maximum Gasteiger partial charge on any atom is 0.307 e. The van der Waals surface area contributed by atoms with E-state index in [0.29, 0.717) is 6.61 Å². The number of carbonyl (C=O) groups excluding carboxylic acids is 2. The van der Waals surface area contributed by atoms with Crippen molar-refractivity contribution in [2.75, 3.05) is 13.2 Å². The fraction of sp³-hybridized carbons (Fsp3) is 0.467. The van der Waals surface area contributed by atoms with Crippen molar-refractivity contribution >= 4 is 11.9 Å². The van der Waals surface area contributed by atoms with Gasteiger partial charge in [0.25, 0.3) is 0 Å². The third-order valence-electron chi connectivity index (χ3n) is 2.90. The first kappa shape index (κ1) is 20.2. The van der Waals surface area contributed by atoms with Crippen molar-refractivity contribution in [2.45, 2.75) is 33.2 Å². The molecule has 1 aromatic rings.